The monoisotopic (exact) mass is 284 g/mol. The maximum absolute atomic E-state index is 12.2. The van der Waals surface area contributed by atoms with Gasteiger partial charge >= 0.3 is 18.0 Å². The van der Waals surface area contributed by atoms with Crippen LogP contribution in [0.15, 0.2) is 0 Å². The fourth-order valence-corrected chi connectivity index (χ4v) is 2.59. The Morgan fingerprint density at radius 3 is 2.40 bits per heavy atom. The van der Waals surface area contributed by atoms with E-state index in [0.717, 1.165) is 12.8 Å². The number of carbonyl (C=O) groups is 3. The minimum Gasteiger partial charge on any atom is -0.481 e. The van der Waals surface area contributed by atoms with Gasteiger partial charge in [-0.15, -0.1) is 0 Å². The number of amides is 2. The van der Waals surface area contributed by atoms with Gasteiger partial charge in [-0.1, -0.05) is 0 Å². The van der Waals surface area contributed by atoms with Gasteiger partial charge in [0.25, 0.3) is 0 Å². The Morgan fingerprint density at radius 1 is 1.15 bits per heavy atom. The molecule has 0 saturated carbocycles. The number of urea groups is 1. The van der Waals surface area contributed by atoms with Gasteiger partial charge in [0.2, 0.25) is 0 Å². The smallest absolute Gasteiger partial charge is 0.320 e. The number of ether oxygens (including phenoxy) is 1. The largest absolute Gasteiger partial charge is 0.481 e. The van der Waals surface area contributed by atoms with Crippen molar-refractivity contribution in [2.24, 2.45) is 11.8 Å². The van der Waals surface area contributed by atoms with Crippen LogP contribution in [0.5, 0.6) is 0 Å². The number of hydrogen-bond acceptors (Lipinski definition) is 4. The van der Waals surface area contributed by atoms with Gasteiger partial charge in [-0.2, -0.15) is 0 Å². The van der Waals surface area contributed by atoms with Crippen LogP contribution < -0.4 is 0 Å². The van der Waals surface area contributed by atoms with Gasteiger partial charge < -0.3 is 19.6 Å². The van der Waals surface area contributed by atoms with E-state index in [4.69, 9.17) is 9.84 Å². The summed E-state index contributed by atoms with van der Waals surface area (Å²) in [6.07, 6.45) is 1.51. The third kappa shape index (κ3) is 3.02. The summed E-state index contributed by atoms with van der Waals surface area (Å²) < 4.78 is 4.99. The average molecular weight is 284 g/mol. The van der Waals surface area contributed by atoms with Crippen LogP contribution in [0, 0.1) is 11.8 Å². The van der Waals surface area contributed by atoms with Gasteiger partial charge in [0, 0.05) is 26.2 Å². The highest BCUT2D eigenvalue weighted by atomic mass is 16.5. The van der Waals surface area contributed by atoms with Crippen LogP contribution in [-0.4, -0.2) is 65.7 Å². The molecule has 2 saturated heterocycles. The summed E-state index contributed by atoms with van der Waals surface area (Å²) in [4.78, 5) is 37.8. The highest BCUT2D eigenvalue weighted by molar-refractivity contribution is 5.81. The second-order valence-electron chi connectivity index (χ2n) is 5.26. The lowest BCUT2D eigenvalue weighted by atomic mass is 9.97. The van der Waals surface area contributed by atoms with Crippen LogP contribution >= 0.6 is 0 Å². The molecule has 20 heavy (non-hydrogen) atoms. The SMILES string of the molecule is CCOC(=O)C1CCCN(C(=O)N2CC(C(=O)O)C2)C1. The van der Waals surface area contributed by atoms with Crippen molar-refractivity contribution in [3.8, 4) is 0 Å². The Hall–Kier alpha value is -1.79. The number of likely N-dealkylation sites (tertiary alicyclic amines) is 2. The Morgan fingerprint density at radius 2 is 1.80 bits per heavy atom. The fourth-order valence-electron chi connectivity index (χ4n) is 2.59. The Labute approximate surface area is 117 Å². The van der Waals surface area contributed by atoms with Crippen molar-refractivity contribution in [1.29, 1.82) is 0 Å². The maximum atomic E-state index is 12.2. The Bertz CT molecular complexity index is 406. The molecule has 2 amide bonds. The lowest BCUT2D eigenvalue weighted by molar-refractivity contribution is -0.149. The maximum Gasteiger partial charge on any atom is 0.320 e. The van der Waals surface area contributed by atoms with E-state index in [-0.39, 0.29) is 31.0 Å². The lowest BCUT2D eigenvalue weighted by Crippen LogP contribution is -2.58. The molecule has 7 heteroatoms. The highest BCUT2D eigenvalue weighted by Crippen LogP contribution is 2.23. The number of rotatable bonds is 3. The predicted octanol–water partition coefficient (Wildman–Crippen LogP) is 0.398. The number of aliphatic carboxylic acids is 1. The summed E-state index contributed by atoms with van der Waals surface area (Å²) in [7, 11) is 0. The number of hydrogen-bond donors (Lipinski definition) is 1. The Kier molecular flexibility index (Phi) is 4.46. The average Bonchev–Trinajstić information content (AvgIpc) is 2.37. The molecule has 1 N–H and O–H groups in total. The van der Waals surface area contributed by atoms with Crippen LogP contribution in [0.1, 0.15) is 19.8 Å². The number of piperidine rings is 1. The normalized spacial score (nSPS) is 23.1. The molecule has 0 radical (unpaired) electrons. The zero-order valence-electron chi connectivity index (χ0n) is 11.6. The summed E-state index contributed by atoms with van der Waals surface area (Å²) in [6.45, 7) is 3.60. The molecule has 1 atom stereocenters. The highest BCUT2D eigenvalue weighted by Gasteiger charge is 2.39. The van der Waals surface area contributed by atoms with E-state index in [2.05, 4.69) is 0 Å². The molecule has 0 aromatic carbocycles. The summed E-state index contributed by atoms with van der Waals surface area (Å²) in [5.74, 6) is -1.83. The third-order valence-electron chi connectivity index (χ3n) is 3.81. The van der Waals surface area contributed by atoms with Gasteiger partial charge in [-0.05, 0) is 19.8 Å². The first-order valence-electron chi connectivity index (χ1n) is 6.96. The van der Waals surface area contributed by atoms with Crippen molar-refractivity contribution in [3.63, 3.8) is 0 Å². The molecule has 0 aromatic heterocycles. The molecule has 0 bridgehead atoms. The predicted molar refractivity (Wildman–Crippen MR) is 69.0 cm³/mol. The molecule has 0 aromatic rings. The van der Waals surface area contributed by atoms with Gasteiger partial charge in [0.15, 0.2) is 0 Å². The van der Waals surface area contributed by atoms with E-state index in [1.807, 2.05) is 0 Å². The molecular formula is C13H20N2O5. The first-order chi connectivity index (χ1) is 9.52. The molecule has 2 heterocycles. The fraction of sp³-hybridized carbons (Fsp3) is 0.769. The zero-order valence-corrected chi connectivity index (χ0v) is 11.6. The molecule has 1 unspecified atom stereocenters. The van der Waals surface area contributed by atoms with Crippen molar-refractivity contribution in [2.75, 3.05) is 32.8 Å². The van der Waals surface area contributed by atoms with E-state index in [1.165, 1.54) is 4.90 Å². The Balaban J connectivity index is 1.85. The van der Waals surface area contributed by atoms with Gasteiger partial charge in [0.1, 0.15) is 0 Å². The third-order valence-corrected chi connectivity index (χ3v) is 3.81. The van der Waals surface area contributed by atoms with Crippen molar-refractivity contribution in [1.82, 2.24) is 9.80 Å². The molecule has 0 spiro atoms. The van der Waals surface area contributed by atoms with E-state index in [9.17, 15) is 14.4 Å². The van der Waals surface area contributed by atoms with E-state index >= 15 is 0 Å². The summed E-state index contributed by atoms with van der Waals surface area (Å²) >= 11 is 0. The minimum absolute atomic E-state index is 0.170. The number of nitrogens with zero attached hydrogens (tertiary/aromatic N) is 2. The van der Waals surface area contributed by atoms with Gasteiger partial charge in [-0.25, -0.2) is 4.79 Å². The van der Waals surface area contributed by atoms with Crippen LogP contribution in [0.4, 0.5) is 4.79 Å². The summed E-state index contributed by atoms with van der Waals surface area (Å²) in [5, 5.41) is 8.80. The van der Waals surface area contributed by atoms with Crippen LogP contribution in [0.2, 0.25) is 0 Å². The van der Waals surface area contributed by atoms with Crippen molar-refractivity contribution >= 4 is 18.0 Å². The number of carbonyl (C=O) groups excluding carboxylic acids is 2. The van der Waals surface area contributed by atoms with Crippen LogP contribution in [-0.2, 0) is 14.3 Å². The number of carboxylic acids is 1. The standard InChI is InChI=1S/C13H20N2O5/c1-2-20-12(18)9-4-3-5-14(6-9)13(19)15-7-10(8-15)11(16)17/h9-10H,2-8H2,1H3,(H,16,17). The van der Waals surface area contributed by atoms with Crippen molar-refractivity contribution < 1.29 is 24.2 Å². The zero-order chi connectivity index (χ0) is 14.7. The quantitative estimate of drug-likeness (QED) is 0.758. The van der Waals surface area contributed by atoms with Crippen molar-refractivity contribution in [3.05, 3.63) is 0 Å². The topological polar surface area (TPSA) is 87.2 Å². The number of esters is 1. The second-order valence-corrected chi connectivity index (χ2v) is 5.26. The summed E-state index contributed by atoms with van der Waals surface area (Å²) in [6, 6.07) is -0.170. The molecular weight excluding hydrogens is 264 g/mol. The minimum atomic E-state index is -0.864. The first kappa shape index (κ1) is 14.6. The molecule has 2 aliphatic rings. The first-order valence-corrected chi connectivity index (χ1v) is 6.96. The van der Waals surface area contributed by atoms with Crippen LogP contribution in [0.25, 0.3) is 0 Å². The van der Waals surface area contributed by atoms with E-state index in [0.29, 0.717) is 19.7 Å². The number of carboxylic acid groups (broad SMARTS) is 1. The summed E-state index contributed by atoms with van der Waals surface area (Å²) in [5.41, 5.74) is 0. The van der Waals surface area contributed by atoms with E-state index < -0.39 is 11.9 Å². The molecule has 0 aliphatic carbocycles. The molecule has 2 aliphatic heterocycles. The van der Waals surface area contributed by atoms with Crippen LogP contribution in [0.3, 0.4) is 0 Å². The molecule has 7 nitrogen and oxygen atoms in total. The second kappa shape index (κ2) is 6.11. The van der Waals surface area contributed by atoms with Crippen molar-refractivity contribution in [2.45, 2.75) is 19.8 Å². The van der Waals surface area contributed by atoms with E-state index in [1.54, 1.807) is 11.8 Å². The van der Waals surface area contributed by atoms with Gasteiger partial charge in [-0.3, -0.25) is 9.59 Å². The molecule has 2 rings (SSSR count). The molecule has 2 fully saturated rings. The lowest BCUT2D eigenvalue weighted by Gasteiger charge is -2.42. The van der Waals surface area contributed by atoms with Gasteiger partial charge in [0.05, 0.1) is 18.4 Å². The molecule has 112 valence electrons.